The molecule has 0 saturated carbocycles. The molecule has 2 unspecified atom stereocenters. The first-order valence-electron chi connectivity index (χ1n) is 6.09. The molecular weight excluding hydrogens is 248 g/mol. The summed E-state index contributed by atoms with van der Waals surface area (Å²) < 4.78 is 25.8. The number of sulfonamides is 1. The molecule has 0 radical (unpaired) electrons. The lowest BCUT2D eigenvalue weighted by atomic mass is 9.90. The molecule has 0 amide bonds. The van der Waals surface area contributed by atoms with E-state index in [9.17, 15) is 8.42 Å². The van der Waals surface area contributed by atoms with Gasteiger partial charge in [0.1, 0.15) is 0 Å². The van der Waals surface area contributed by atoms with Gasteiger partial charge in [-0.1, -0.05) is 25.1 Å². The first-order valence-corrected chi connectivity index (χ1v) is 7.53. The monoisotopic (exact) mass is 270 g/mol. The van der Waals surface area contributed by atoms with Gasteiger partial charge in [0.25, 0.3) is 0 Å². The zero-order chi connectivity index (χ0) is 13.9. The Kier molecular flexibility index (Phi) is 4.90. The minimum absolute atomic E-state index is 0.0518. The van der Waals surface area contributed by atoms with E-state index in [1.54, 1.807) is 26.2 Å². The maximum absolute atomic E-state index is 12.3. The van der Waals surface area contributed by atoms with Crippen LogP contribution < -0.4 is 5.73 Å². The summed E-state index contributed by atoms with van der Waals surface area (Å²) in [5.74, 6) is 0.0518. The van der Waals surface area contributed by atoms with Gasteiger partial charge in [-0.3, -0.25) is 0 Å². The highest BCUT2D eigenvalue weighted by atomic mass is 32.2. The first kappa shape index (κ1) is 15.1. The number of nitrogens with two attached hydrogens (primary N) is 1. The van der Waals surface area contributed by atoms with Crippen LogP contribution in [-0.4, -0.2) is 32.9 Å². The molecule has 2 N–H and O–H groups in total. The Morgan fingerprint density at radius 1 is 1.28 bits per heavy atom. The summed E-state index contributed by atoms with van der Waals surface area (Å²) in [7, 11) is -0.337. The van der Waals surface area contributed by atoms with Crippen molar-refractivity contribution in [1.82, 2.24) is 4.31 Å². The third kappa shape index (κ3) is 2.91. The van der Waals surface area contributed by atoms with Crippen molar-refractivity contribution >= 4 is 10.0 Å². The van der Waals surface area contributed by atoms with Gasteiger partial charge in [-0.25, -0.2) is 12.7 Å². The van der Waals surface area contributed by atoms with Gasteiger partial charge < -0.3 is 5.73 Å². The summed E-state index contributed by atoms with van der Waals surface area (Å²) in [6.07, 6.45) is 0.817. The van der Waals surface area contributed by atoms with Crippen LogP contribution in [0.4, 0.5) is 0 Å². The van der Waals surface area contributed by atoms with Crippen molar-refractivity contribution in [1.29, 1.82) is 0 Å². The van der Waals surface area contributed by atoms with Crippen molar-refractivity contribution in [2.24, 2.45) is 5.73 Å². The minimum Gasteiger partial charge on any atom is -0.327 e. The predicted octanol–water partition coefficient (Wildman–Crippen LogP) is 1.78. The molecule has 0 fully saturated rings. The van der Waals surface area contributed by atoms with Gasteiger partial charge in [0.15, 0.2) is 0 Å². The first-order chi connectivity index (χ1) is 8.32. The lowest BCUT2D eigenvalue weighted by molar-refractivity contribution is 0.509. The Bertz CT molecular complexity index is 495. The zero-order valence-electron chi connectivity index (χ0n) is 11.4. The molecule has 1 aromatic rings. The zero-order valence-corrected chi connectivity index (χ0v) is 12.2. The van der Waals surface area contributed by atoms with E-state index in [0.717, 1.165) is 12.0 Å². The van der Waals surface area contributed by atoms with Crippen LogP contribution in [0, 0.1) is 0 Å². The topological polar surface area (TPSA) is 63.4 Å². The molecule has 0 aliphatic carbocycles. The molecule has 0 saturated heterocycles. The molecule has 2 atom stereocenters. The van der Waals surface area contributed by atoms with Gasteiger partial charge >= 0.3 is 0 Å². The normalized spacial score (nSPS) is 15.7. The van der Waals surface area contributed by atoms with E-state index < -0.39 is 10.0 Å². The molecule has 18 heavy (non-hydrogen) atoms. The Morgan fingerprint density at radius 2 is 1.83 bits per heavy atom. The molecule has 102 valence electrons. The van der Waals surface area contributed by atoms with E-state index in [1.807, 2.05) is 26.0 Å². The van der Waals surface area contributed by atoms with Crippen molar-refractivity contribution < 1.29 is 8.42 Å². The second-order valence-corrected chi connectivity index (χ2v) is 6.82. The Hall–Kier alpha value is -0.910. The number of nitrogens with zero attached hydrogens (tertiary/aromatic N) is 1. The standard InChI is InChI=1S/C13H22N2O2S/c1-5-11(10(2)14)12-8-6-7-9-13(12)18(16,17)15(3)4/h6-11H,5,14H2,1-4H3. The van der Waals surface area contributed by atoms with Crippen LogP contribution in [-0.2, 0) is 10.0 Å². The summed E-state index contributed by atoms with van der Waals surface area (Å²) in [5.41, 5.74) is 6.77. The van der Waals surface area contributed by atoms with Crippen LogP contribution in [0.15, 0.2) is 29.2 Å². The Balaban J connectivity index is 3.40. The van der Waals surface area contributed by atoms with Crippen LogP contribution >= 0.6 is 0 Å². The van der Waals surface area contributed by atoms with E-state index in [2.05, 4.69) is 0 Å². The number of rotatable bonds is 5. The lowest BCUT2D eigenvalue weighted by Gasteiger charge is -2.23. The quantitative estimate of drug-likeness (QED) is 0.887. The minimum atomic E-state index is -3.42. The van der Waals surface area contributed by atoms with Crippen LogP contribution in [0.1, 0.15) is 31.7 Å². The molecule has 0 aromatic heterocycles. The maximum atomic E-state index is 12.3. The van der Waals surface area contributed by atoms with Gasteiger partial charge in [0.2, 0.25) is 10.0 Å². The van der Waals surface area contributed by atoms with Crippen molar-refractivity contribution in [2.45, 2.75) is 37.1 Å². The second kappa shape index (κ2) is 5.82. The summed E-state index contributed by atoms with van der Waals surface area (Å²) in [6, 6.07) is 7.03. The molecule has 0 aliphatic heterocycles. The van der Waals surface area contributed by atoms with Gasteiger partial charge in [0, 0.05) is 20.1 Å². The van der Waals surface area contributed by atoms with Crippen molar-refractivity contribution in [3.8, 4) is 0 Å². The largest absolute Gasteiger partial charge is 0.327 e. The Labute approximate surface area is 110 Å². The van der Waals surface area contributed by atoms with E-state index in [-0.39, 0.29) is 12.0 Å². The van der Waals surface area contributed by atoms with Crippen molar-refractivity contribution in [2.75, 3.05) is 14.1 Å². The third-order valence-corrected chi connectivity index (χ3v) is 5.04. The highest BCUT2D eigenvalue weighted by Crippen LogP contribution is 2.29. The molecule has 0 aliphatic rings. The van der Waals surface area contributed by atoms with E-state index in [4.69, 9.17) is 5.73 Å². The molecule has 0 heterocycles. The Morgan fingerprint density at radius 3 is 2.28 bits per heavy atom. The van der Waals surface area contributed by atoms with E-state index >= 15 is 0 Å². The molecule has 0 spiro atoms. The van der Waals surface area contributed by atoms with Crippen LogP contribution in [0.5, 0.6) is 0 Å². The number of hydrogen-bond donors (Lipinski definition) is 1. The molecular formula is C13H22N2O2S. The summed E-state index contributed by atoms with van der Waals surface area (Å²) in [4.78, 5) is 0.360. The second-order valence-electron chi connectivity index (χ2n) is 4.70. The number of benzene rings is 1. The predicted molar refractivity (Wildman–Crippen MR) is 74.0 cm³/mol. The fourth-order valence-corrected chi connectivity index (χ4v) is 3.25. The van der Waals surface area contributed by atoms with Crippen molar-refractivity contribution in [3.05, 3.63) is 29.8 Å². The smallest absolute Gasteiger partial charge is 0.242 e. The SMILES string of the molecule is CCC(c1ccccc1S(=O)(=O)N(C)C)C(C)N. The number of hydrogen-bond acceptors (Lipinski definition) is 3. The summed E-state index contributed by atoms with van der Waals surface area (Å²) >= 11 is 0. The maximum Gasteiger partial charge on any atom is 0.242 e. The average Bonchev–Trinajstić information content (AvgIpc) is 2.29. The fourth-order valence-electron chi connectivity index (χ4n) is 2.09. The van der Waals surface area contributed by atoms with Gasteiger partial charge in [-0.05, 0) is 30.9 Å². The van der Waals surface area contributed by atoms with E-state index in [0.29, 0.717) is 4.90 Å². The van der Waals surface area contributed by atoms with Crippen LogP contribution in [0.2, 0.25) is 0 Å². The van der Waals surface area contributed by atoms with Crippen LogP contribution in [0.3, 0.4) is 0 Å². The van der Waals surface area contributed by atoms with Gasteiger partial charge in [-0.15, -0.1) is 0 Å². The summed E-state index contributed by atoms with van der Waals surface area (Å²) in [6.45, 7) is 3.93. The van der Waals surface area contributed by atoms with Crippen molar-refractivity contribution in [3.63, 3.8) is 0 Å². The highest BCUT2D eigenvalue weighted by Gasteiger charge is 2.25. The third-order valence-electron chi connectivity index (χ3n) is 3.15. The molecule has 4 nitrogen and oxygen atoms in total. The summed E-state index contributed by atoms with van der Waals surface area (Å²) in [5, 5.41) is 0. The van der Waals surface area contributed by atoms with Gasteiger partial charge in [0.05, 0.1) is 4.90 Å². The fraction of sp³-hybridized carbons (Fsp3) is 0.538. The average molecular weight is 270 g/mol. The molecule has 1 rings (SSSR count). The van der Waals surface area contributed by atoms with Crippen LogP contribution in [0.25, 0.3) is 0 Å². The lowest BCUT2D eigenvalue weighted by Crippen LogP contribution is -2.28. The molecule has 1 aromatic carbocycles. The van der Waals surface area contributed by atoms with E-state index in [1.165, 1.54) is 4.31 Å². The highest BCUT2D eigenvalue weighted by molar-refractivity contribution is 7.89. The molecule has 0 bridgehead atoms. The molecule has 5 heteroatoms. The van der Waals surface area contributed by atoms with Gasteiger partial charge in [-0.2, -0.15) is 0 Å².